The monoisotopic (exact) mass is 263 g/mol. The van der Waals surface area contributed by atoms with E-state index in [0.717, 1.165) is 5.57 Å². The number of hydrogen-bond acceptors (Lipinski definition) is 5. The van der Waals surface area contributed by atoms with E-state index in [1.54, 1.807) is 11.0 Å². The minimum atomic E-state index is -0.462. The first-order chi connectivity index (χ1) is 9.06. The van der Waals surface area contributed by atoms with E-state index < -0.39 is 6.10 Å². The average Bonchev–Trinajstić information content (AvgIpc) is 2.95. The van der Waals surface area contributed by atoms with Crippen LogP contribution in [0.15, 0.2) is 18.0 Å². The Hall–Kier alpha value is -1.53. The zero-order chi connectivity index (χ0) is 13.6. The van der Waals surface area contributed by atoms with E-state index in [1.807, 2.05) is 6.08 Å². The van der Waals surface area contributed by atoms with Gasteiger partial charge < -0.3 is 10.2 Å². The van der Waals surface area contributed by atoms with Crippen LogP contribution in [0.4, 0.5) is 0 Å². The maximum Gasteiger partial charge on any atom is 0.216 e. The second-order valence-electron chi connectivity index (χ2n) is 5.36. The summed E-state index contributed by atoms with van der Waals surface area (Å²) < 4.78 is 1.66. The Morgan fingerprint density at radius 3 is 2.89 bits per heavy atom. The number of fused-ring (bicyclic) bond motifs is 1. The summed E-state index contributed by atoms with van der Waals surface area (Å²) in [4.78, 5) is 15.2. The predicted octanol–water partition coefficient (Wildman–Crippen LogP) is 0.484. The summed E-state index contributed by atoms with van der Waals surface area (Å²) in [6.45, 7) is 1.43. The molecule has 0 amide bonds. The fraction of sp³-hybridized carbons (Fsp3) is 0.615. The summed E-state index contributed by atoms with van der Waals surface area (Å²) in [7, 11) is 0. The smallest absolute Gasteiger partial charge is 0.216 e. The molecule has 1 aromatic heterocycles. The van der Waals surface area contributed by atoms with Crippen molar-refractivity contribution in [2.75, 3.05) is 0 Å². The van der Waals surface area contributed by atoms with Crippen LogP contribution in [0.25, 0.3) is 0 Å². The molecule has 2 aliphatic carbocycles. The van der Waals surface area contributed by atoms with E-state index in [-0.39, 0.29) is 29.7 Å². The Labute approximate surface area is 110 Å². The van der Waals surface area contributed by atoms with Crippen molar-refractivity contribution in [2.24, 2.45) is 5.92 Å². The number of aliphatic hydroxyl groups excluding tert-OH is 2. The van der Waals surface area contributed by atoms with Crippen LogP contribution < -0.4 is 0 Å². The molecule has 3 rings (SSSR count). The highest BCUT2D eigenvalue weighted by atomic mass is 16.3. The Morgan fingerprint density at radius 2 is 2.21 bits per heavy atom. The first kappa shape index (κ1) is 12.5. The lowest BCUT2D eigenvalue weighted by molar-refractivity contribution is 0.0844. The molecule has 0 bridgehead atoms. The number of hydrogen-bond donors (Lipinski definition) is 2. The van der Waals surface area contributed by atoms with Gasteiger partial charge in [0, 0.05) is 19.3 Å². The van der Waals surface area contributed by atoms with Gasteiger partial charge in [-0.1, -0.05) is 6.08 Å². The van der Waals surface area contributed by atoms with E-state index in [0.29, 0.717) is 19.3 Å². The number of carbonyl (C=O) groups is 1. The van der Waals surface area contributed by atoms with Gasteiger partial charge in [0.05, 0.1) is 18.2 Å². The molecule has 0 aliphatic heterocycles. The average molecular weight is 263 g/mol. The zero-order valence-corrected chi connectivity index (χ0v) is 10.7. The molecule has 1 aromatic rings. The predicted molar refractivity (Wildman–Crippen MR) is 66.5 cm³/mol. The Bertz CT molecular complexity index is 537. The first-order valence-electron chi connectivity index (χ1n) is 6.54. The van der Waals surface area contributed by atoms with Gasteiger partial charge in [-0.2, -0.15) is 0 Å². The third-order valence-electron chi connectivity index (χ3n) is 4.04. The molecular weight excluding hydrogens is 246 g/mol. The fourth-order valence-electron chi connectivity index (χ4n) is 3.09. The van der Waals surface area contributed by atoms with Crippen molar-refractivity contribution in [1.82, 2.24) is 14.8 Å². The molecule has 6 nitrogen and oxygen atoms in total. The molecule has 2 aliphatic rings. The normalized spacial score (nSPS) is 33.9. The van der Waals surface area contributed by atoms with Crippen LogP contribution in [0.5, 0.6) is 0 Å². The largest absolute Gasteiger partial charge is 0.393 e. The number of nitrogens with zero attached hydrogens (tertiary/aromatic N) is 3. The van der Waals surface area contributed by atoms with Crippen molar-refractivity contribution in [2.45, 2.75) is 44.4 Å². The number of aliphatic hydroxyl groups is 2. The highest BCUT2D eigenvalue weighted by Gasteiger charge is 2.41. The summed E-state index contributed by atoms with van der Waals surface area (Å²) in [6.07, 6.45) is 4.48. The maximum absolute atomic E-state index is 11.2. The quantitative estimate of drug-likeness (QED) is 0.598. The summed E-state index contributed by atoms with van der Waals surface area (Å²) >= 11 is 0. The van der Waals surface area contributed by atoms with E-state index in [1.165, 1.54) is 6.92 Å². The highest BCUT2D eigenvalue weighted by molar-refractivity contribution is 5.89. The van der Waals surface area contributed by atoms with Crippen LogP contribution in [-0.2, 0) is 0 Å². The lowest BCUT2D eigenvalue weighted by atomic mass is 9.86. The third-order valence-corrected chi connectivity index (χ3v) is 4.04. The van der Waals surface area contributed by atoms with Crippen LogP contribution in [0, 0.1) is 5.92 Å². The van der Waals surface area contributed by atoms with Gasteiger partial charge in [-0.05, 0) is 18.4 Å². The summed E-state index contributed by atoms with van der Waals surface area (Å²) in [6, 6.07) is -0.0481. The van der Waals surface area contributed by atoms with Crippen LogP contribution in [0.2, 0.25) is 0 Å². The van der Waals surface area contributed by atoms with Crippen molar-refractivity contribution < 1.29 is 15.0 Å². The van der Waals surface area contributed by atoms with Gasteiger partial charge in [-0.15, -0.1) is 5.10 Å². The van der Waals surface area contributed by atoms with Gasteiger partial charge in [0.25, 0.3) is 0 Å². The number of rotatable bonds is 2. The number of aromatic nitrogens is 3. The second kappa shape index (κ2) is 4.54. The number of carbonyl (C=O) groups excluding carboxylic acids is 1. The third kappa shape index (κ3) is 2.11. The minimum absolute atomic E-state index is 0.00118. The molecule has 0 radical (unpaired) electrons. The van der Waals surface area contributed by atoms with Gasteiger partial charge in [0.2, 0.25) is 5.82 Å². The van der Waals surface area contributed by atoms with Gasteiger partial charge in [0.15, 0.2) is 5.78 Å². The van der Waals surface area contributed by atoms with Crippen molar-refractivity contribution >= 4 is 5.78 Å². The molecule has 102 valence electrons. The Morgan fingerprint density at radius 1 is 1.42 bits per heavy atom. The fourth-order valence-corrected chi connectivity index (χ4v) is 3.09. The van der Waals surface area contributed by atoms with Crippen molar-refractivity contribution in [3.63, 3.8) is 0 Å². The van der Waals surface area contributed by atoms with Crippen molar-refractivity contribution in [1.29, 1.82) is 0 Å². The summed E-state index contributed by atoms with van der Waals surface area (Å²) in [5, 5.41) is 24.0. The molecular formula is C13H17N3O3. The van der Waals surface area contributed by atoms with Gasteiger partial charge in [-0.3, -0.25) is 4.79 Å². The van der Waals surface area contributed by atoms with Crippen molar-refractivity contribution in [3.05, 3.63) is 23.8 Å². The molecule has 0 spiro atoms. The highest BCUT2D eigenvalue weighted by Crippen LogP contribution is 2.44. The topological polar surface area (TPSA) is 88.2 Å². The molecule has 1 heterocycles. The van der Waals surface area contributed by atoms with E-state index in [4.69, 9.17) is 0 Å². The van der Waals surface area contributed by atoms with E-state index in [2.05, 4.69) is 10.1 Å². The lowest BCUT2D eigenvalue weighted by Crippen LogP contribution is -2.24. The molecule has 19 heavy (non-hydrogen) atoms. The molecule has 1 fully saturated rings. The van der Waals surface area contributed by atoms with E-state index >= 15 is 0 Å². The molecule has 0 saturated heterocycles. The number of Topliss-reactive ketones (excluding diaryl/α,β-unsaturated/α-hetero) is 1. The standard InChI is InChI=1S/C13H17N3O3/c1-7(17)13-14-6-16(15-13)11-5-12(19)10-4-8(18)2-3-9(10)11/h3,6,8,10-12,18-19H,2,4-5H2,1H3/t8-,10+,11+,12+/m1/s1. The SMILES string of the molecule is CC(=O)c1ncn([C@H]2C[C@H](O)[C@H]3C[C@H](O)CC=C32)n1. The Balaban J connectivity index is 1.90. The maximum atomic E-state index is 11.2. The number of ketones is 1. The van der Waals surface area contributed by atoms with Gasteiger partial charge in [0.1, 0.15) is 6.33 Å². The minimum Gasteiger partial charge on any atom is -0.393 e. The van der Waals surface area contributed by atoms with Crippen LogP contribution in [0.1, 0.15) is 42.8 Å². The molecule has 0 aromatic carbocycles. The molecule has 4 atom stereocenters. The zero-order valence-electron chi connectivity index (χ0n) is 10.7. The van der Waals surface area contributed by atoms with Crippen LogP contribution >= 0.6 is 0 Å². The molecule has 1 saturated carbocycles. The van der Waals surface area contributed by atoms with Gasteiger partial charge >= 0.3 is 0 Å². The van der Waals surface area contributed by atoms with Crippen LogP contribution in [-0.4, -0.2) is 43.0 Å². The Kier molecular flexibility index (Phi) is 2.99. The lowest BCUT2D eigenvalue weighted by Gasteiger charge is -2.25. The first-order valence-corrected chi connectivity index (χ1v) is 6.54. The van der Waals surface area contributed by atoms with Gasteiger partial charge in [-0.25, -0.2) is 9.67 Å². The summed E-state index contributed by atoms with van der Waals surface area (Å²) in [5.41, 5.74) is 1.11. The van der Waals surface area contributed by atoms with Crippen LogP contribution in [0.3, 0.4) is 0 Å². The second-order valence-corrected chi connectivity index (χ2v) is 5.36. The van der Waals surface area contributed by atoms with Crippen molar-refractivity contribution in [3.8, 4) is 0 Å². The molecule has 2 N–H and O–H groups in total. The summed E-state index contributed by atoms with van der Waals surface area (Å²) in [5.74, 6) is 0.0370. The van der Waals surface area contributed by atoms with E-state index in [9.17, 15) is 15.0 Å². The molecule has 6 heteroatoms. The molecule has 0 unspecified atom stereocenters.